The number of imidazole rings is 1. The van der Waals surface area contributed by atoms with Crippen molar-refractivity contribution in [2.45, 2.75) is 0 Å². The minimum absolute atomic E-state index is 0.181. The molecule has 0 aliphatic rings. The van der Waals surface area contributed by atoms with E-state index in [1.54, 1.807) is 24.5 Å². The smallest absolute Gasteiger partial charge is 0.257 e. The number of rotatable bonds is 3. The maximum atomic E-state index is 12.0. The van der Waals surface area contributed by atoms with E-state index in [1.807, 2.05) is 42.5 Å². The number of H-pyrrole nitrogens is 1. The predicted octanol–water partition coefficient (Wildman–Crippen LogP) is 3.33. The lowest BCUT2D eigenvalue weighted by Gasteiger charge is -2.04. The van der Waals surface area contributed by atoms with Gasteiger partial charge in [-0.2, -0.15) is 0 Å². The molecule has 20 heavy (non-hydrogen) atoms. The highest BCUT2D eigenvalue weighted by molar-refractivity contribution is 6.03. The van der Waals surface area contributed by atoms with Crippen molar-refractivity contribution >= 4 is 11.9 Å². The molecule has 0 fully saturated rings. The van der Waals surface area contributed by atoms with Gasteiger partial charge in [-0.15, -0.1) is 0 Å². The summed E-state index contributed by atoms with van der Waals surface area (Å²) in [5, 5.41) is 2.69. The number of benzene rings is 2. The van der Waals surface area contributed by atoms with E-state index in [0.717, 1.165) is 11.1 Å². The molecule has 0 unspecified atom stereocenters. The van der Waals surface area contributed by atoms with Crippen LogP contribution in [0.5, 0.6) is 0 Å². The summed E-state index contributed by atoms with van der Waals surface area (Å²) in [7, 11) is 0. The zero-order chi connectivity index (χ0) is 13.8. The Kier molecular flexibility index (Phi) is 3.29. The fourth-order valence-electron chi connectivity index (χ4n) is 1.96. The number of nitrogens with zero attached hydrogens (tertiary/aromatic N) is 1. The van der Waals surface area contributed by atoms with E-state index in [-0.39, 0.29) is 5.91 Å². The van der Waals surface area contributed by atoms with E-state index in [0.29, 0.717) is 11.5 Å². The molecule has 0 saturated heterocycles. The van der Waals surface area contributed by atoms with Gasteiger partial charge in [0.05, 0.1) is 0 Å². The van der Waals surface area contributed by atoms with E-state index in [2.05, 4.69) is 15.3 Å². The number of aromatic nitrogens is 2. The van der Waals surface area contributed by atoms with Crippen LogP contribution in [0, 0.1) is 0 Å². The molecule has 0 bridgehead atoms. The van der Waals surface area contributed by atoms with Crippen molar-refractivity contribution in [1.29, 1.82) is 0 Å². The Morgan fingerprint density at radius 3 is 2.30 bits per heavy atom. The van der Waals surface area contributed by atoms with E-state index < -0.39 is 0 Å². The Balaban J connectivity index is 1.78. The van der Waals surface area contributed by atoms with Gasteiger partial charge in [0.1, 0.15) is 0 Å². The molecular formula is C16H13N3O. The fourth-order valence-corrected chi connectivity index (χ4v) is 1.96. The molecule has 3 aromatic rings. The Hall–Kier alpha value is -2.88. The summed E-state index contributed by atoms with van der Waals surface area (Å²) in [6.45, 7) is 0. The summed E-state index contributed by atoms with van der Waals surface area (Å²) < 4.78 is 0. The molecule has 2 N–H and O–H groups in total. The zero-order valence-electron chi connectivity index (χ0n) is 10.7. The van der Waals surface area contributed by atoms with Gasteiger partial charge < -0.3 is 4.98 Å². The number of nitrogens with one attached hydrogen (secondary N) is 2. The maximum absolute atomic E-state index is 12.0. The molecule has 0 saturated carbocycles. The van der Waals surface area contributed by atoms with Crippen molar-refractivity contribution in [1.82, 2.24) is 9.97 Å². The van der Waals surface area contributed by atoms with Crippen LogP contribution in [0.15, 0.2) is 67.0 Å². The predicted molar refractivity (Wildman–Crippen MR) is 78.4 cm³/mol. The van der Waals surface area contributed by atoms with E-state index in [1.165, 1.54) is 0 Å². The second-order valence-corrected chi connectivity index (χ2v) is 4.34. The number of hydrogen-bond donors (Lipinski definition) is 2. The van der Waals surface area contributed by atoms with Crippen LogP contribution in [0.1, 0.15) is 10.4 Å². The first-order chi connectivity index (χ1) is 9.83. The van der Waals surface area contributed by atoms with Crippen molar-refractivity contribution in [2.75, 3.05) is 5.32 Å². The Morgan fingerprint density at radius 1 is 0.950 bits per heavy atom. The first kappa shape index (κ1) is 12.2. The maximum Gasteiger partial charge on any atom is 0.257 e. The number of hydrogen-bond acceptors (Lipinski definition) is 2. The van der Waals surface area contributed by atoms with E-state index >= 15 is 0 Å². The summed E-state index contributed by atoms with van der Waals surface area (Å²) in [6.07, 6.45) is 3.25. The third-order valence-electron chi connectivity index (χ3n) is 2.98. The highest BCUT2D eigenvalue weighted by atomic mass is 16.1. The second kappa shape index (κ2) is 5.40. The van der Waals surface area contributed by atoms with Crippen molar-refractivity contribution in [3.63, 3.8) is 0 Å². The van der Waals surface area contributed by atoms with Gasteiger partial charge in [0.25, 0.3) is 5.91 Å². The highest BCUT2D eigenvalue weighted by Gasteiger charge is 2.07. The van der Waals surface area contributed by atoms with Crippen LogP contribution in [-0.2, 0) is 0 Å². The van der Waals surface area contributed by atoms with Gasteiger partial charge in [-0.05, 0) is 23.3 Å². The molecule has 4 nitrogen and oxygen atoms in total. The molecule has 0 atom stereocenters. The van der Waals surface area contributed by atoms with Crippen LogP contribution in [0.2, 0.25) is 0 Å². The minimum Gasteiger partial charge on any atom is -0.331 e. The van der Waals surface area contributed by atoms with Crippen molar-refractivity contribution < 1.29 is 4.79 Å². The standard InChI is InChI=1S/C16H13N3O/c20-15(19-16-17-10-11-18-16)14-8-6-13(7-9-14)12-4-2-1-3-5-12/h1-11H,(H2,17,18,19,20). The first-order valence-corrected chi connectivity index (χ1v) is 6.29. The Labute approximate surface area is 116 Å². The number of amides is 1. The molecule has 4 heteroatoms. The molecule has 0 aliphatic heterocycles. The van der Waals surface area contributed by atoms with Gasteiger partial charge >= 0.3 is 0 Å². The topological polar surface area (TPSA) is 57.8 Å². The number of aromatic amines is 1. The molecule has 2 aromatic carbocycles. The molecule has 1 amide bonds. The van der Waals surface area contributed by atoms with Crippen molar-refractivity contribution in [2.24, 2.45) is 0 Å². The summed E-state index contributed by atoms with van der Waals surface area (Å²) >= 11 is 0. The molecule has 3 rings (SSSR count). The SMILES string of the molecule is O=C(Nc1ncc[nH]1)c1ccc(-c2ccccc2)cc1. The van der Waals surface area contributed by atoms with Crippen molar-refractivity contribution in [3.05, 3.63) is 72.6 Å². The monoisotopic (exact) mass is 263 g/mol. The average Bonchev–Trinajstić information content (AvgIpc) is 3.01. The van der Waals surface area contributed by atoms with Crippen LogP contribution in [0.25, 0.3) is 11.1 Å². The summed E-state index contributed by atoms with van der Waals surface area (Å²) in [5.74, 6) is 0.265. The Morgan fingerprint density at radius 2 is 1.65 bits per heavy atom. The van der Waals surface area contributed by atoms with Gasteiger partial charge in [-0.25, -0.2) is 4.98 Å². The average molecular weight is 263 g/mol. The lowest BCUT2D eigenvalue weighted by molar-refractivity contribution is 0.102. The molecule has 0 radical (unpaired) electrons. The number of anilines is 1. The lowest BCUT2D eigenvalue weighted by Crippen LogP contribution is -2.12. The van der Waals surface area contributed by atoms with Crippen LogP contribution in [0.3, 0.4) is 0 Å². The molecule has 0 aliphatic carbocycles. The second-order valence-electron chi connectivity index (χ2n) is 4.34. The van der Waals surface area contributed by atoms with Crippen molar-refractivity contribution in [3.8, 4) is 11.1 Å². The molecule has 1 aromatic heterocycles. The number of carbonyl (C=O) groups is 1. The zero-order valence-corrected chi connectivity index (χ0v) is 10.7. The number of carbonyl (C=O) groups excluding carboxylic acids is 1. The first-order valence-electron chi connectivity index (χ1n) is 6.29. The van der Waals surface area contributed by atoms with Crippen LogP contribution in [0.4, 0.5) is 5.95 Å². The van der Waals surface area contributed by atoms with Crippen LogP contribution < -0.4 is 5.32 Å². The fraction of sp³-hybridized carbons (Fsp3) is 0. The molecule has 1 heterocycles. The van der Waals surface area contributed by atoms with Gasteiger partial charge in [-0.1, -0.05) is 42.5 Å². The van der Waals surface area contributed by atoms with E-state index in [4.69, 9.17) is 0 Å². The van der Waals surface area contributed by atoms with E-state index in [9.17, 15) is 4.79 Å². The largest absolute Gasteiger partial charge is 0.331 e. The van der Waals surface area contributed by atoms with Gasteiger partial charge in [-0.3, -0.25) is 10.1 Å². The van der Waals surface area contributed by atoms with Crippen LogP contribution in [-0.4, -0.2) is 15.9 Å². The van der Waals surface area contributed by atoms with Gasteiger partial charge in [0.2, 0.25) is 5.95 Å². The minimum atomic E-state index is -0.181. The molecule has 98 valence electrons. The summed E-state index contributed by atoms with van der Waals surface area (Å²) in [4.78, 5) is 18.8. The third kappa shape index (κ3) is 2.59. The lowest BCUT2D eigenvalue weighted by atomic mass is 10.0. The summed E-state index contributed by atoms with van der Waals surface area (Å²) in [6, 6.07) is 17.5. The highest BCUT2D eigenvalue weighted by Crippen LogP contribution is 2.19. The summed E-state index contributed by atoms with van der Waals surface area (Å²) in [5.41, 5.74) is 2.81. The molecule has 0 spiro atoms. The van der Waals surface area contributed by atoms with Gasteiger partial charge in [0, 0.05) is 18.0 Å². The normalized spacial score (nSPS) is 10.2. The quantitative estimate of drug-likeness (QED) is 0.761. The van der Waals surface area contributed by atoms with Crippen LogP contribution >= 0.6 is 0 Å². The van der Waals surface area contributed by atoms with Gasteiger partial charge in [0.15, 0.2) is 0 Å². The molecular weight excluding hydrogens is 250 g/mol. The Bertz CT molecular complexity index is 688. The third-order valence-corrected chi connectivity index (χ3v) is 2.98.